The van der Waals surface area contributed by atoms with Crippen LogP contribution in [0.5, 0.6) is 0 Å². The van der Waals surface area contributed by atoms with Crippen LogP contribution in [0, 0.1) is 5.82 Å². The van der Waals surface area contributed by atoms with Gasteiger partial charge in [-0.05, 0) is 42.5 Å². The number of aliphatic carboxylic acids is 1. The lowest BCUT2D eigenvalue weighted by molar-refractivity contribution is -0.135. The van der Waals surface area contributed by atoms with Crippen molar-refractivity contribution in [1.82, 2.24) is 9.62 Å². The molecule has 1 aliphatic rings. The van der Waals surface area contributed by atoms with Crippen molar-refractivity contribution in [1.29, 1.82) is 0 Å². The maximum absolute atomic E-state index is 14.3. The number of carbonyl (C=O) groups excluding carboxylic acids is 1. The monoisotopic (exact) mass is 420 g/mol. The minimum atomic E-state index is -3.89. The minimum Gasteiger partial charge on any atom is -0.480 e. The zero-order valence-corrected chi connectivity index (χ0v) is 16.4. The number of amides is 1. The third-order valence-electron chi connectivity index (χ3n) is 4.95. The van der Waals surface area contributed by atoms with Crippen molar-refractivity contribution < 1.29 is 27.5 Å². The predicted molar refractivity (Wildman–Crippen MR) is 104 cm³/mol. The molecule has 0 aromatic heterocycles. The van der Waals surface area contributed by atoms with E-state index in [1.165, 1.54) is 9.87 Å². The molecule has 0 aliphatic carbocycles. The molecule has 1 heterocycles. The summed E-state index contributed by atoms with van der Waals surface area (Å²) < 4.78 is 41.4. The highest BCUT2D eigenvalue weighted by atomic mass is 32.2. The van der Waals surface area contributed by atoms with Crippen molar-refractivity contribution >= 4 is 21.9 Å². The van der Waals surface area contributed by atoms with Crippen molar-refractivity contribution in [3.05, 3.63) is 65.5 Å². The second kappa shape index (κ2) is 8.71. The van der Waals surface area contributed by atoms with E-state index in [4.69, 9.17) is 5.11 Å². The van der Waals surface area contributed by atoms with E-state index in [-0.39, 0.29) is 10.8 Å². The summed E-state index contributed by atoms with van der Waals surface area (Å²) in [7, 11) is -3.89. The van der Waals surface area contributed by atoms with Crippen LogP contribution in [0.15, 0.2) is 53.4 Å². The average molecular weight is 420 g/mol. The Bertz CT molecular complexity index is 1000. The summed E-state index contributed by atoms with van der Waals surface area (Å²) in [6.45, 7) is -0.0105. The van der Waals surface area contributed by atoms with Gasteiger partial charge in [-0.25, -0.2) is 12.8 Å². The number of halogens is 1. The Morgan fingerprint density at radius 3 is 2.34 bits per heavy atom. The minimum absolute atomic E-state index is 0.233. The van der Waals surface area contributed by atoms with E-state index in [1.54, 1.807) is 0 Å². The lowest BCUT2D eigenvalue weighted by Gasteiger charge is -2.31. The fourth-order valence-electron chi connectivity index (χ4n) is 3.40. The number of hydrogen-bond acceptors (Lipinski definition) is 4. The number of carboxylic acids is 1. The van der Waals surface area contributed by atoms with Crippen LogP contribution in [0.3, 0.4) is 0 Å². The molecule has 2 aromatic rings. The van der Waals surface area contributed by atoms with Gasteiger partial charge in [0, 0.05) is 13.1 Å². The van der Waals surface area contributed by atoms with Crippen LogP contribution in [0.1, 0.15) is 34.7 Å². The summed E-state index contributed by atoms with van der Waals surface area (Å²) in [4.78, 5) is 22.1. The number of sulfonamides is 1. The van der Waals surface area contributed by atoms with E-state index in [2.05, 4.69) is 0 Å². The van der Waals surface area contributed by atoms with Gasteiger partial charge in [-0.1, -0.05) is 30.3 Å². The quantitative estimate of drug-likeness (QED) is 0.746. The number of piperidine rings is 1. The van der Waals surface area contributed by atoms with Gasteiger partial charge < -0.3 is 10.4 Å². The van der Waals surface area contributed by atoms with E-state index in [1.807, 2.05) is 35.6 Å². The standard InChI is InChI=1S/C20H21FN2O5S/c21-18-12-16(6-7-17(18)20(26)22-13-19(24)25)29(27,28)23-10-8-15(9-11-23)14-4-2-1-3-5-14/h1-7,12,15H,8-11,13H2,(H,22,26)(H,24,25). The fourth-order valence-corrected chi connectivity index (χ4v) is 4.88. The van der Waals surface area contributed by atoms with Gasteiger partial charge in [0.2, 0.25) is 10.0 Å². The maximum atomic E-state index is 14.3. The molecule has 3 rings (SSSR count). The molecular formula is C20H21FN2O5S. The summed E-state index contributed by atoms with van der Waals surface area (Å²) in [5, 5.41) is 10.6. The van der Waals surface area contributed by atoms with Crippen LogP contribution in [0.25, 0.3) is 0 Å². The molecule has 0 saturated carbocycles. The van der Waals surface area contributed by atoms with Gasteiger partial charge in [0.05, 0.1) is 10.5 Å². The van der Waals surface area contributed by atoms with Crippen LogP contribution in [0.2, 0.25) is 0 Å². The predicted octanol–water partition coefficient (Wildman–Crippen LogP) is 2.21. The number of hydrogen-bond donors (Lipinski definition) is 2. The molecule has 0 radical (unpaired) electrons. The molecule has 1 saturated heterocycles. The highest BCUT2D eigenvalue weighted by Crippen LogP contribution is 2.30. The number of nitrogens with one attached hydrogen (secondary N) is 1. The SMILES string of the molecule is O=C(O)CNC(=O)c1ccc(S(=O)(=O)N2CCC(c3ccccc3)CC2)cc1F. The highest BCUT2D eigenvalue weighted by molar-refractivity contribution is 7.89. The maximum Gasteiger partial charge on any atom is 0.322 e. The van der Waals surface area contributed by atoms with Gasteiger partial charge in [-0.3, -0.25) is 9.59 Å². The molecule has 0 spiro atoms. The van der Waals surface area contributed by atoms with Crippen LogP contribution in [-0.2, 0) is 14.8 Å². The van der Waals surface area contributed by atoms with Crippen molar-refractivity contribution in [2.75, 3.05) is 19.6 Å². The molecular weight excluding hydrogens is 399 g/mol. The Kier molecular flexibility index (Phi) is 6.29. The van der Waals surface area contributed by atoms with E-state index >= 15 is 0 Å². The smallest absolute Gasteiger partial charge is 0.322 e. The molecule has 9 heteroatoms. The van der Waals surface area contributed by atoms with E-state index in [9.17, 15) is 22.4 Å². The van der Waals surface area contributed by atoms with Gasteiger partial charge in [-0.15, -0.1) is 0 Å². The lowest BCUT2D eigenvalue weighted by Crippen LogP contribution is -2.38. The van der Waals surface area contributed by atoms with Crippen molar-refractivity contribution in [2.24, 2.45) is 0 Å². The largest absolute Gasteiger partial charge is 0.480 e. The zero-order valence-electron chi connectivity index (χ0n) is 15.5. The number of benzene rings is 2. The molecule has 1 aliphatic heterocycles. The van der Waals surface area contributed by atoms with Gasteiger partial charge in [0.25, 0.3) is 5.91 Å². The first kappa shape index (κ1) is 20.9. The molecule has 1 amide bonds. The molecule has 29 heavy (non-hydrogen) atoms. The van der Waals surface area contributed by atoms with Crippen molar-refractivity contribution in [3.63, 3.8) is 0 Å². The highest BCUT2D eigenvalue weighted by Gasteiger charge is 2.30. The summed E-state index contributed by atoms with van der Waals surface area (Å²) in [6.07, 6.45) is 1.34. The van der Waals surface area contributed by atoms with Gasteiger partial charge in [0.15, 0.2) is 0 Å². The molecule has 7 nitrogen and oxygen atoms in total. The van der Waals surface area contributed by atoms with Crippen LogP contribution in [0.4, 0.5) is 4.39 Å². The Morgan fingerprint density at radius 1 is 1.10 bits per heavy atom. The van der Waals surface area contributed by atoms with Gasteiger partial charge in [0.1, 0.15) is 12.4 Å². The van der Waals surface area contributed by atoms with Gasteiger partial charge >= 0.3 is 5.97 Å². The molecule has 1 fully saturated rings. The zero-order chi connectivity index (χ0) is 21.0. The Labute approximate surface area is 168 Å². The average Bonchev–Trinajstić information content (AvgIpc) is 2.72. The lowest BCUT2D eigenvalue weighted by atomic mass is 9.90. The summed E-state index contributed by atoms with van der Waals surface area (Å²) >= 11 is 0. The normalized spacial score (nSPS) is 15.8. The fraction of sp³-hybridized carbons (Fsp3) is 0.300. The molecule has 0 bridgehead atoms. The second-order valence-corrected chi connectivity index (χ2v) is 8.75. The Balaban J connectivity index is 1.70. The van der Waals surface area contributed by atoms with Crippen LogP contribution in [-0.4, -0.2) is 49.3 Å². The van der Waals surface area contributed by atoms with Crippen molar-refractivity contribution in [3.8, 4) is 0 Å². The number of nitrogens with zero attached hydrogens (tertiary/aromatic N) is 1. The summed E-state index contributed by atoms with van der Waals surface area (Å²) in [5.74, 6) is -2.93. The first-order chi connectivity index (χ1) is 13.8. The molecule has 0 atom stereocenters. The number of carboxylic acid groups (broad SMARTS) is 1. The van der Waals surface area contributed by atoms with E-state index < -0.39 is 39.8 Å². The van der Waals surface area contributed by atoms with Gasteiger partial charge in [-0.2, -0.15) is 4.31 Å². The third kappa shape index (κ3) is 4.80. The molecule has 154 valence electrons. The van der Waals surface area contributed by atoms with Crippen LogP contribution < -0.4 is 5.32 Å². The number of carbonyl (C=O) groups is 2. The first-order valence-corrected chi connectivity index (χ1v) is 10.6. The Morgan fingerprint density at radius 2 is 1.76 bits per heavy atom. The topological polar surface area (TPSA) is 104 Å². The van der Waals surface area contributed by atoms with Crippen LogP contribution >= 0.6 is 0 Å². The number of rotatable bonds is 6. The second-order valence-electron chi connectivity index (χ2n) is 6.81. The van der Waals surface area contributed by atoms with E-state index in [0.717, 1.165) is 18.2 Å². The first-order valence-electron chi connectivity index (χ1n) is 9.13. The molecule has 2 N–H and O–H groups in total. The Hall–Kier alpha value is -2.78. The third-order valence-corrected chi connectivity index (χ3v) is 6.84. The molecule has 0 unspecified atom stereocenters. The molecule has 2 aromatic carbocycles. The van der Waals surface area contributed by atoms with Crippen molar-refractivity contribution in [2.45, 2.75) is 23.7 Å². The summed E-state index contributed by atoms with van der Waals surface area (Å²) in [5.41, 5.74) is 0.764. The van der Waals surface area contributed by atoms with E-state index in [0.29, 0.717) is 25.9 Å². The summed E-state index contributed by atoms with van der Waals surface area (Å²) in [6, 6.07) is 12.9.